The largest absolute Gasteiger partial charge is 0.330 e. The smallest absolute Gasteiger partial charge is 0.224 e. The van der Waals surface area contributed by atoms with Crippen molar-refractivity contribution in [1.29, 1.82) is 0 Å². The first-order chi connectivity index (χ1) is 6.47. The molecule has 0 bridgehead atoms. The second kappa shape index (κ2) is 7.49. The van der Waals surface area contributed by atoms with E-state index >= 15 is 0 Å². The average molecular weight is 345 g/mol. The van der Waals surface area contributed by atoms with Crippen LogP contribution < -0.4 is 5.32 Å². The monoisotopic (exact) mass is 343 g/mol. The number of carbonyl (C=O) groups is 1. The summed E-state index contributed by atoms with van der Waals surface area (Å²) in [5, 5.41) is 3.24. The maximum atomic E-state index is 11.2. The van der Waals surface area contributed by atoms with Crippen LogP contribution in [0, 0.1) is 0 Å². The first-order valence-electron chi connectivity index (χ1n) is 4.16. The van der Waals surface area contributed by atoms with Crippen molar-refractivity contribution >= 4 is 49.4 Å². The summed E-state index contributed by atoms with van der Waals surface area (Å²) in [7, 11) is 0. The Balaban J connectivity index is 4.28. The minimum Gasteiger partial charge on any atom is -0.330 e. The Morgan fingerprint density at radius 3 is 2.50 bits per heavy atom. The molecular weight excluding hydrogens is 333 g/mol. The van der Waals surface area contributed by atoms with Crippen molar-refractivity contribution in [3.8, 4) is 0 Å². The lowest BCUT2D eigenvalue weighted by Gasteiger charge is -2.03. The summed E-state index contributed by atoms with van der Waals surface area (Å²) < 4.78 is 0.663. The van der Waals surface area contributed by atoms with Crippen LogP contribution in [0.2, 0.25) is 0 Å². The van der Waals surface area contributed by atoms with Crippen molar-refractivity contribution in [3.05, 3.63) is 20.2 Å². The highest BCUT2D eigenvalue weighted by Gasteiger charge is 2.00. The van der Waals surface area contributed by atoms with Gasteiger partial charge < -0.3 is 5.32 Å². The molecule has 0 aliphatic carbocycles. The predicted molar refractivity (Wildman–Crippen MR) is 67.5 cm³/mol. The van der Waals surface area contributed by atoms with Gasteiger partial charge >= 0.3 is 0 Å². The molecule has 1 N–H and O–H groups in total. The SMILES string of the molecule is CCCC(=O)N/C(C)=C/C(Cl)=C(Br)Br. The van der Waals surface area contributed by atoms with Gasteiger partial charge in [0, 0.05) is 12.1 Å². The molecule has 5 heteroatoms. The van der Waals surface area contributed by atoms with Gasteiger partial charge in [-0.1, -0.05) is 18.5 Å². The fourth-order valence-electron chi connectivity index (χ4n) is 0.790. The molecular formula is C9H12Br2ClNO. The van der Waals surface area contributed by atoms with Crippen molar-refractivity contribution < 1.29 is 4.79 Å². The van der Waals surface area contributed by atoms with E-state index in [0.29, 0.717) is 14.8 Å². The van der Waals surface area contributed by atoms with Crippen LogP contribution in [-0.2, 0) is 4.79 Å². The summed E-state index contributed by atoms with van der Waals surface area (Å²) in [4.78, 5) is 11.2. The van der Waals surface area contributed by atoms with E-state index in [9.17, 15) is 4.79 Å². The molecule has 0 radical (unpaired) electrons. The molecule has 14 heavy (non-hydrogen) atoms. The summed E-state index contributed by atoms with van der Waals surface area (Å²) in [6.07, 6.45) is 3.04. The summed E-state index contributed by atoms with van der Waals surface area (Å²) in [5.74, 6) is 0.0106. The standard InChI is InChI=1S/C9H12Br2ClNO/c1-3-4-8(14)13-6(2)5-7(12)9(10)11/h5H,3-4H2,1-2H3,(H,13,14)/b6-5+. The third-order valence-corrected chi connectivity index (χ3v) is 2.95. The molecule has 0 fully saturated rings. The van der Waals surface area contributed by atoms with E-state index in [0.717, 1.165) is 12.1 Å². The van der Waals surface area contributed by atoms with Crippen LogP contribution in [0.3, 0.4) is 0 Å². The summed E-state index contributed by atoms with van der Waals surface area (Å²) in [5.41, 5.74) is 0.727. The zero-order valence-electron chi connectivity index (χ0n) is 8.03. The molecule has 2 nitrogen and oxygen atoms in total. The molecule has 0 atom stereocenters. The Bertz CT molecular complexity index is 270. The lowest BCUT2D eigenvalue weighted by Crippen LogP contribution is -2.20. The van der Waals surface area contributed by atoms with Crippen molar-refractivity contribution in [2.24, 2.45) is 0 Å². The molecule has 0 aromatic rings. The molecule has 0 saturated carbocycles. The van der Waals surface area contributed by atoms with Gasteiger partial charge in [-0.05, 0) is 51.3 Å². The lowest BCUT2D eigenvalue weighted by atomic mass is 10.3. The van der Waals surface area contributed by atoms with E-state index in [4.69, 9.17) is 11.6 Å². The number of allylic oxidation sites excluding steroid dienone is 3. The van der Waals surface area contributed by atoms with Gasteiger partial charge in [0.15, 0.2) is 0 Å². The molecule has 0 aliphatic rings. The number of amides is 1. The maximum absolute atomic E-state index is 11.2. The average Bonchev–Trinajstić information content (AvgIpc) is 2.03. The fraction of sp³-hybridized carbons (Fsp3) is 0.444. The van der Waals surface area contributed by atoms with Gasteiger partial charge in [-0.15, -0.1) is 0 Å². The third kappa shape index (κ3) is 6.62. The Hall–Kier alpha value is 0.200. The minimum absolute atomic E-state index is 0.0106. The molecule has 0 aromatic heterocycles. The zero-order valence-corrected chi connectivity index (χ0v) is 12.0. The second-order valence-electron chi connectivity index (χ2n) is 2.73. The molecule has 0 aliphatic heterocycles. The zero-order chi connectivity index (χ0) is 11.1. The highest BCUT2D eigenvalue weighted by atomic mass is 79.9. The van der Waals surface area contributed by atoms with E-state index < -0.39 is 0 Å². The van der Waals surface area contributed by atoms with Crippen LogP contribution in [0.15, 0.2) is 20.2 Å². The lowest BCUT2D eigenvalue weighted by molar-refractivity contribution is -0.120. The van der Waals surface area contributed by atoms with Gasteiger partial charge in [0.25, 0.3) is 0 Å². The van der Waals surface area contributed by atoms with E-state index in [1.54, 1.807) is 13.0 Å². The number of halogens is 3. The van der Waals surface area contributed by atoms with Crippen molar-refractivity contribution in [1.82, 2.24) is 5.32 Å². The molecule has 0 saturated heterocycles. The van der Waals surface area contributed by atoms with Gasteiger partial charge in [-0.3, -0.25) is 4.79 Å². The molecule has 0 aromatic carbocycles. The number of rotatable bonds is 4. The Kier molecular flexibility index (Phi) is 7.59. The quantitative estimate of drug-likeness (QED) is 0.767. The van der Waals surface area contributed by atoms with E-state index in [1.807, 2.05) is 6.92 Å². The first kappa shape index (κ1) is 14.2. The minimum atomic E-state index is 0.0106. The van der Waals surface area contributed by atoms with Gasteiger partial charge in [0.05, 0.1) is 8.42 Å². The highest BCUT2D eigenvalue weighted by Crippen LogP contribution is 2.23. The van der Waals surface area contributed by atoms with Crippen molar-refractivity contribution in [3.63, 3.8) is 0 Å². The van der Waals surface area contributed by atoms with Gasteiger partial charge in [0.2, 0.25) is 5.91 Å². The van der Waals surface area contributed by atoms with Crippen LogP contribution in [0.25, 0.3) is 0 Å². The molecule has 0 spiro atoms. The van der Waals surface area contributed by atoms with Gasteiger partial charge in [-0.25, -0.2) is 0 Å². The Morgan fingerprint density at radius 1 is 1.50 bits per heavy atom. The molecule has 80 valence electrons. The van der Waals surface area contributed by atoms with E-state index in [1.165, 1.54) is 0 Å². The topological polar surface area (TPSA) is 29.1 Å². The van der Waals surface area contributed by atoms with Crippen LogP contribution in [-0.4, -0.2) is 5.91 Å². The van der Waals surface area contributed by atoms with Crippen LogP contribution in [0.5, 0.6) is 0 Å². The Morgan fingerprint density at radius 2 is 2.07 bits per heavy atom. The fourth-order valence-corrected chi connectivity index (χ4v) is 1.18. The Labute approximate surface area is 106 Å². The third-order valence-electron chi connectivity index (χ3n) is 1.34. The summed E-state index contributed by atoms with van der Waals surface area (Å²) >= 11 is 12.2. The van der Waals surface area contributed by atoms with Gasteiger partial charge in [0.1, 0.15) is 0 Å². The number of carbonyl (C=O) groups excluding carboxylic acids is 1. The number of hydrogen-bond acceptors (Lipinski definition) is 1. The maximum Gasteiger partial charge on any atom is 0.224 e. The molecule has 0 rings (SSSR count). The second-order valence-corrected chi connectivity index (χ2v) is 5.79. The highest BCUT2D eigenvalue weighted by molar-refractivity contribution is 9.28. The summed E-state index contributed by atoms with van der Waals surface area (Å²) in [6, 6.07) is 0. The van der Waals surface area contributed by atoms with E-state index in [-0.39, 0.29) is 5.91 Å². The normalized spacial score (nSPS) is 11.1. The van der Waals surface area contributed by atoms with E-state index in [2.05, 4.69) is 37.2 Å². The van der Waals surface area contributed by atoms with Crippen molar-refractivity contribution in [2.45, 2.75) is 26.7 Å². The number of nitrogens with one attached hydrogen (secondary N) is 1. The number of hydrogen-bond donors (Lipinski definition) is 1. The molecule has 1 amide bonds. The molecule has 0 unspecified atom stereocenters. The first-order valence-corrected chi connectivity index (χ1v) is 6.12. The summed E-state index contributed by atoms with van der Waals surface area (Å²) in [6.45, 7) is 3.75. The molecule has 0 heterocycles. The van der Waals surface area contributed by atoms with Crippen LogP contribution in [0.1, 0.15) is 26.7 Å². The predicted octanol–water partition coefficient (Wildman–Crippen LogP) is 4.00. The van der Waals surface area contributed by atoms with Crippen LogP contribution >= 0.6 is 43.5 Å². The van der Waals surface area contributed by atoms with Crippen molar-refractivity contribution in [2.75, 3.05) is 0 Å². The van der Waals surface area contributed by atoms with Gasteiger partial charge in [-0.2, -0.15) is 0 Å². The van der Waals surface area contributed by atoms with Crippen LogP contribution in [0.4, 0.5) is 0 Å².